The molecule has 0 amide bonds. The second-order valence-corrected chi connectivity index (χ2v) is 6.80. The zero-order valence-corrected chi connectivity index (χ0v) is 13.2. The van der Waals surface area contributed by atoms with E-state index in [4.69, 9.17) is 5.11 Å². The van der Waals surface area contributed by atoms with Crippen LogP contribution in [0.5, 0.6) is 0 Å². The second kappa shape index (κ2) is 6.93. The summed E-state index contributed by atoms with van der Waals surface area (Å²) in [5.41, 5.74) is 2.21. The maximum atomic E-state index is 8.91. The highest BCUT2D eigenvalue weighted by atomic mass is 79.9. The Hall–Kier alpha value is -1.04. The molecular formula is C14H17BrN2OS. The van der Waals surface area contributed by atoms with Crippen molar-refractivity contribution < 1.29 is 5.11 Å². The fraction of sp³-hybridized carbons (Fsp3) is 0.286. The van der Waals surface area contributed by atoms with Crippen LogP contribution in [0, 0.1) is 0 Å². The number of hydrogen-bond donors (Lipinski definition) is 2. The summed E-state index contributed by atoms with van der Waals surface area (Å²) in [6.07, 6.45) is 0. The highest BCUT2D eigenvalue weighted by Crippen LogP contribution is 2.23. The molecule has 1 heterocycles. The number of hydrogen-bond acceptors (Lipinski definition) is 4. The first kappa shape index (κ1) is 14.4. The first-order valence-electron chi connectivity index (χ1n) is 6.09. The molecule has 0 bridgehead atoms. The maximum absolute atomic E-state index is 8.91. The number of benzene rings is 1. The SMILES string of the molecule is CN(CCO)c1ccc(NCc2ccc(Br)s2)cc1. The van der Waals surface area contributed by atoms with Gasteiger partial charge in [0.15, 0.2) is 0 Å². The first-order chi connectivity index (χ1) is 9.19. The summed E-state index contributed by atoms with van der Waals surface area (Å²) < 4.78 is 1.16. The number of rotatable bonds is 6. The van der Waals surface area contributed by atoms with Gasteiger partial charge in [0.05, 0.1) is 10.4 Å². The van der Waals surface area contributed by atoms with Gasteiger partial charge in [0, 0.05) is 36.4 Å². The summed E-state index contributed by atoms with van der Waals surface area (Å²) in [5.74, 6) is 0. The van der Waals surface area contributed by atoms with Crippen LogP contribution in [0.15, 0.2) is 40.2 Å². The lowest BCUT2D eigenvalue weighted by Crippen LogP contribution is -2.20. The van der Waals surface area contributed by atoms with Gasteiger partial charge in [0.2, 0.25) is 0 Å². The third kappa shape index (κ3) is 4.23. The molecule has 2 aromatic rings. The van der Waals surface area contributed by atoms with Gasteiger partial charge >= 0.3 is 0 Å². The van der Waals surface area contributed by atoms with Crippen molar-refractivity contribution in [1.82, 2.24) is 0 Å². The molecule has 0 saturated heterocycles. The van der Waals surface area contributed by atoms with Crippen LogP contribution < -0.4 is 10.2 Å². The fourth-order valence-electron chi connectivity index (χ4n) is 1.75. The van der Waals surface area contributed by atoms with Gasteiger partial charge in [-0.2, -0.15) is 0 Å². The number of nitrogens with zero attached hydrogens (tertiary/aromatic N) is 1. The molecule has 19 heavy (non-hydrogen) atoms. The molecule has 2 N–H and O–H groups in total. The van der Waals surface area contributed by atoms with E-state index < -0.39 is 0 Å². The Kier molecular flexibility index (Phi) is 5.24. The van der Waals surface area contributed by atoms with Crippen LogP contribution in [0.25, 0.3) is 0 Å². The van der Waals surface area contributed by atoms with Gasteiger partial charge in [0.1, 0.15) is 0 Å². The molecule has 1 aromatic carbocycles. The Morgan fingerprint density at radius 3 is 2.53 bits per heavy atom. The maximum Gasteiger partial charge on any atom is 0.0702 e. The predicted molar refractivity (Wildman–Crippen MR) is 86.1 cm³/mol. The van der Waals surface area contributed by atoms with Gasteiger partial charge in [-0.1, -0.05) is 0 Å². The summed E-state index contributed by atoms with van der Waals surface area (Å²) >= 11 is 5.20. The van der Waals surface area contributed by atoms with Crippen molar-refractivity contribution in [2.75, 3.05) is 30.4 Å². The van der Waals surface area contributed by atoms with E-state index >= 15 is 0 Å². The molecule has 0 saturated carbocycles. The highest BCUT2D eigenvalue weighted by molar-refractivity contribution is 9.11. The van der Waals surface area contributed by atoms with E-state index in [2.05, 4.69) is 57.6 Å². The number of aliphatic hydroxyl groups is 1. The minimum absolute atomic E-state index is 0.170. The van der Waals surface area contributed by atoms with Crippen LogP contribution in [-0.2, 0) is 6.54 Å². The molecule has 5 heteroatoms. The van der Waals surface area contributed by atoms with Gasteiger partial charge in [-0.3, -0.25) is 0 Å². The van der Waals surface area contributed by atoms with Crippen molar-refractivity contribution in [2.45, 2.75) is 6.54 Å². The van der Waals surface area contributed by atoms with E-state index in [0.29, 0.717) is 6.54 Å². The second-order valence-electron chi connectivity index (χ2n) is 4.25. The zero-order valence-electron chi connectivity index (χ0n) is 10.8. The predicted octanol–water partition coefficient (Wildman–Crippen LogP) is 3.55. The van der Waals surface area contributed by atoms with Crippen LogP contribution in [-0.4, -0.2) is 25.3 Å². The summed E-state index contributed by atoms with van der Waals surface area (Å²) in [4.78, 5) is 3.33. The highest BCUT2D eigenvalue weighted by Gasteiger charge is 2.01. The van der Waals surface area contributed by atoms with Crippen molar-refractivity contribution in [3.8, 4) is 0 Å². The van der Waals surface area contributed by atoms with Crippen LogP contribution in [0.1, 0.15) is 4.88 Å². The third-order valence-corrected chi connectivity index (χ3v) is 4.46. The van der Waals surface area contributed by atoms with E-state index in [9.17, 15) is 0 Å². The lowest BCUT2D eigenvalue weighted by molar-refractivity contribution is 0.304. The summed E-state index contributed by atoms with van der Waals surface area (Å²) in [5, 5.41) is 12.3. The standard InChI is InChI=1S/C14H17BrN2OS/c1-17(8-9-18)12-4-2-11(3-5-12)16-10-13-6-7-14(15)19-13/h2-7,16,18H,8-10H2,1H3. The minimum Gasteiger partial charge on any atom is -0.395 e. The lowest BCUT2D eigenvalue weighted by Gasteiger charge is -2.18. The molecule has 0 atom stereocenters. The van der Waals surface area contributed by atoms with E-state index in [0.717, 1.165) is 21.7 Å². The average molecular weight is 341 g/mol. The van der Waals surface area contributed by atoms with Gasteiger partial charge in [-0.25, -0.2) is 0 Å². The molecule has 0 aliphatic heterocycles. The molecule has 0 aliphatic carbocycles. The van der Waals surface area contributed by atoms with Crippen LogP contribution in [0.4, 0.5) is 11.4 Å². The topological polar surface area (TPSA) is 35.5 Å². The number of aliphatic hydroxyl groups excluding tert-OH is 1. The van der Waals surface area contributed by atoms with Crippen molar-refractivity contribution in [2.24, 2.45) is 0 Å². The third-order valence-electron chi connectivity index (χ3n) is 2.84. The molecule has 0 aliphatic rings. The molecule has 2 rings (SSSR count). The Balaban J connectivity index is 1.91. The Labute approximate surface area is 126 Å². The Morgan fingerprint density at radius 1 is 1.21 bits per heavy atom. The molecule has 102 valence electrons. The quantitative estimate of drug-likeness (QED) is 0.843. The van der Waals surface area contributed by atoms with Crippen LogP contribution in [0.3, 0.4) is 0 Å². The zero-order chi connectivity index (χ0) is 13.7. The first-order valence-corrected chi connectivity index (χ1v) is 7.70. The molecule has 0 radical (unpaired) electrons. The van der Waals surface area contributed by atoms with E-state index in [-0.39, 0.29) is 6.61 Å². The lowest BCUT2D eigenvalue weighted by atomic mass is 10.2. The molecular weight excluding hydrogens is 324 g/mol. The van der Waals surface area contributed by atoms with Gasteiger partial charge in [-0.05, 0) is 52.3 Å². The van der Waals surface area contributed by atoms with Crippen molar-refractivity contribution in [3.05, 3.63) is 45.1 Å². The van der Waals surface area contributed by atoms with Crippen molar-refractivity contribution >= 4 is 38.6 Å². The fourth-order valence-corrected chi connectivity index (χ4v) is 3.17. The average Bonchev–Trinajstić information content (AvgIpc) is 2.83. The molecule has 1 aromatic heterocycles. The van der Waals surface area contributed by atoms with E-state index in [1.807, 2.05) is 11.9 Å². The van der Waals surface area contributed by atoms with E-state index in [1.54, 1.807) is 11.3 Å². The number of thiophene rings is 1. The number of likely N-dealkylation sites (N-methyl/N-ethyl adjacent to an activating group) is 1. The summed E-state index contributed by atoms with van der Waals surface area (Å²) in [6.45, 7) is 1.65. The number of nitrogens with one attached hydrogen (secondary N) is 1. The summed E-state index contributed by atoms with van der Waals surface area (Å²) in [6, 6.07) is 12.4. The van der Waals surface area contributed by atoms with Crippen molar-refractivity contribution in [1.29, 1.82) is 0 Å². The van der Waals surface area contributed by atoms with Gasteiger partial charge in [0.25, 0.3) is 0 Å². The number of halogens is 1. The van der Waals surface area contributed by atoms with Crippen LogP contribution in [0.2, 0.25) is 0 Å². The minimum atomic E-state index is 0.170. The molecule has 0 fully saturated rings. The smallest absolute Gasteiger partial charge is 0.0702 e. The van der Waals surface area contributed by atoms with Gasteiger partial charge < -0.3 is 15.3 Å². The van der Waals surface area contributed by atoms with E-state index in [1.165, 1.54) is 4.88 Å². The molecule has 0 unspecified atom stereocenters. The van der Waals surface area contributed by atoms with Gasteiger partial charge in [-0.15, -0.1) is 11.3 Å². The normalized spacial score (nSPS) is 10.5. The monoisotopic (exact) mass is 340 g/mol. The molecule has 3 nitrogen and oxygen atoms in total. The Bertz CT molecular complexity index is 512. The van der Waals surface area contributed by atoms with Crippen LogP contribution >= 0.6 is 27.3 Å². The summed E-state index contributed by atoms with van der Waals surface area (Å²) in [7, 11) is 1.97. The molecule has 0 spiro atoms. The number of anilines is 2. The Morgan fingerprint density at radius 2 is 1.95 bits per heavy atom. The largest absolute Gasteiger partial charge is 0.395 e. The van der Waals surface area contributed by atoms with Crippen molar-refractivity contribution in [3.63, 3.8) is 0 Å².